The smallest absolute Gasteiger partial charge is 0.236 e. The summed E-state index contributed by atoms with van der Waals surface area (Å²) in [7, 11) is 0. The van der Waals surface area contributed by atoms with Crippen molar-refractivity contribution in [1.82, 2.24) is 19.7 Å². The first-order chi connectivity index (χ1) is 14.5. The number of aromatic nitrogens is 4. The standard InChI is InChI=1S/C21H24ClN5O2S/c1-15(2)10-11-27-19(13-29-17-6-4-3-5-7-17)25-26-21(27)30-14-20(28)24-18-9-8-16(22)12-23-18/h3-9,12,15H,10-11,13-14H2,1-2H3,(H,23,24,28). The summed E-state index contributed by atoms with van der Waals surface area (Å²) >= 11 is 7.16. The zero-order valence-corrected chi connectivity index (χ0v) is 18.5. The summed E-state index contributed by atoms with van der Waals surface area (Å²) in [6, 6.07) is 12.9. The van der Waals surface area contributed by atoms with Gasteiger partial charge in [0.05, 0.1) is 10.8 Å². The van der Waals surface area contributed by atoms with Gasteiger partial charge in [-0.15, -0.1) is 10.2 Å². The van der Waals surface area contributed by atoms with E-state index in [1.54, 1.807) is 12.1 Å². The number of benzene rings is 1. The van der Waals surface area contributed by atoms with Crippen molar-refractivity contribution < 1.29 is 9.53 Å². The van der Waals surface area contributed by atoms with E-state index in [9.17, 15) is 4.79 Å². The molecule has 0 spiro atoms. The molecule has 0 radical (unpaired) electrons. The van der Waals surface area contributed by atoms with E-state index in [1.165, 1.54) is 18.0 Å². The van der Waals surface area contributed by atoms with Gasteiger partial charge in [-0.2, -0.15) is 0 Å². The number of carbonyl (C=O) groups is 1. The molecular formula is C21H24ClN5O2S. The van der Waals surface area contributed by atoms with Crippen LogP contribution in [0.1, 0.15) is 26.1 Å². The number of thioether (sulfide) groups is 1. The van der Waals surface area contributed by atoms with Crippen molar-refractivity contribution in [3.63, 3.8) is 0 Å². The number of halogens is 1. The second-order valence-electron chi connectivity index (χ2n) is 7.03. The SMILES string of the molecule is CC(C)CCn1c(COc2ccccc2)nnc1SCC(=O)Nc1ccc(Cl)cn1. The molecule has 3 rings (SSSR count). The Morgan fingerprint density at radius 2 is 2.00 bits per heavy atom. The molecular weight excluding hydrogens is 422 g/mol. The van der Waals surface area contributed by atoms with E-state index in [-0.39, 0.29) is 11.7 Å². The molecule has 1 amide bonds. The lowest BCUT2D eigenvalue weighted by atomic mass is 10.1. The molecule has 0 aliphatic rings. The maximum absolute atomic E-state index is 12.3. The minimum absolute atomic E-state index is 0.171. The van der Waals surface area contributed by atoms with Crippen LogP contribution >= 0.6 is 23.4 Å². The first-order valence-corrected chi connectivity index (χ1v) is 11.0. The topological polar surface area (TPSA) is 81.9 Å². The Labute approximate surface area is 185 Å². The van der Waals surface area contributed by atoms with E-state index in [1.807, 2.05) is 34.9 Å². The molecule has 30 heavy (non-hydrogen) atoms. The van der Waals surface area contributed by atoms with Crippen molar-refractivity contribution in [2.45, 2.75) is 38.6 Å². The molecule has 3 aromatic rings. The van der Waals surface area contributed by atoms with Crippen molar-refractivity contribution in [3.8, 4) is 5.75 Å². The minimum atomic E-state index is -0.171. The van der Waals surface area contributed by atoms with Crippen molar-refractivity contribution in [2.24, 2.45) is 5.92 Å². The van der Waals surface area contributed by atoms with Gasteiger partial charge in [0.2, 0.25) is 5.91 Å². The first kappa shape index (κ1) is 22.1. The summed E-state index contributed by atoms with van der Waals surface area (Å²) < 4.78 is 7.87. The Kier molecular flexibility index (Phi) is 8.10. The van der Waals surface area contributed by atoms with Crippen LogP contribution in [0.3, 0.4) is 0 Å². The number of hydrogen-bond donors (Lipinski definition) is 1. The quantitative estimate of drug-likeness (QED) is 0.456. The maximum Gasteiger partial charge on any atom is 0.236 e. The molecule has 0 saturated heterocycles. The lowest BCUT2D eigenvalue weighted by Crippen LogP contribution is -2.16. The zero-order valence-electron chi connectivity index (χ0n) is 16.9. The number of hydrogen-bond acceptors (Lipinski definition) is 6. The van der Waals surface area contributed by atoms with Gasteiger partial charge in [-0.25, -0.2) is 4.98 Å². The van der Waals surface area contributed by atoms with E-state index in [0.717, 1.165) is 24.5 Å². The molecule has 0 aliphatic carbocycles. The second kappa shape index (κ2) is 11.0. The number of rotatable bonds is 10. The van der Waals surface area contributed by atoms with Gasteiger partial charge in [-0.1, -0.05) is 55.4 Å². The average Bonchev–Trinajstić information content (AvgIpc) is 3.13. The van der Waals surface area contributed by atoms with Gasteiger partial charge in [0, 0.05) is 12.7 Å². The van der Waals surface area contributed by atoms with Gasteiger partial charge in [-0.05, 0) is 36.6 Å². The Hall–Kier alpha value is -2.58. The monoisotopic (exact) mass is 445 g/mol. The number of pyridine rings is 1. The predicted molar refractivity (Wildman–Crippen MR) is 119 cm³/mol. The summed E-state index contributed by atoms with van der Waals surface area (Å²) in [5, 5.41) is 12.5. The summed E-state index contributed by atoms with van der Waals surface area (Å²) in [6.07, 6.45) is 2.47. The van der Waals surface area contributed by atoms with Crippen LogP contribution in [0, 0.1) is 5.92 Å². The normalized spacial score (nSPS) is 10.9. The van der Waals surface area contributed by atoms with E-state index in [0.29, 0.717) is 28.5 Å². The molecule has 0 bridgehead atoms. The Balaban J connectivity index is 1.62. The van der Waals surface area contributed by atoms with Crippen LogP contribution in [0.15, 0.2) is 53.8 Å². The fourth-order valence-electron chi connectivity index (χ4n) is 2.57. The average molecular weight is 446 g/mol. The van der Waals surface area contributed by atoms with E-state index in [4.69, 9.17) is 16.3 Å². The first-order valence-electron chi connectivity index (χ1n) is 9.65. The van der Waals surface area contributed by atoms with E-state index >= 15 is 0 Å². The third-order valence-electron chi connectivity index (χ3n) is 4.16. The molecule has 1 aromatic carbocycles. The third kappa shape index (κ3) is 6.74. The molecule has 0 atom stereocenters. The van der Waals surface area contributed by atoms with Crippen LogP contribution in [0.5, 0.6) is 5.75 Å². The van der Waals surface area contributed by atoms with Gasteiger partial charge < -0.3 is 14.6 Å². The Morgan fingerprint density at radius 3 is 2.70 bits per heavy atom. The number of carbonyl (C=O) groups excluding carboxylic acids is 1. The Bertz CT molecular complexity index is 948. The molecule has 9 heteroatoms. The second-order valence-corrected chi connectivity index (χ2v) is 8.41. The molecule has 0 saturated carbocycles. The fourth-order valence-corrected chi connectivity index (χ4v) is 3.46. The zero-order chi connectivity index (χ0) is 21.3. The van der Waals surface area contributed by atoms with E-state index in [2.05, 4.69) is 34.3 Å². The number of amides is 1. The van der Waals surface area contributed by atoms with Crippen molar-refractivity contribution in [2.75, 3.05) is 11.1 Å². The largest absolute Gasteiger partial charge is 0.486 e. The summed E-state index contributed by atoms with van der Waals surface area (Å²) in [5.74, 6) is 2.54. The number of para-hydroxylation sites is 1. The van der Waals surface area contributed by atoms with Gasteiger partial charge in [-0.3, -0.25) is 4.79 Å². The van der Waals surface area contributed by atoms with Crippen LogP contribution < -0.4 is 10.1 Å². The van der Waals surface area contributed by atoms with Crippen molar-refractivity contribution in [3.05, 3.63) is 59.5 Å². The molecule has 0 aliphatic heterocycles. The fraction of sp³-hybridized carbons (Fsp3) is 0.333. The molecule has 158 valence electrons. The molecule has 0 fully saturated rings. The highest BCUT2D eigenvalue weighted by Gasteiger charge is 2.15. The van der Waals surface area contributed by atoms with Crippen LogP contribution in [0.25, 0.3) is 0 Å². The lowest BCUT2D eigenvalue weighted by molar-refractivity contribution is -0.113. The third-order valence-corrected chi connectivity index (χ3v) is 5.35. The summed E-state index contributed by atoms with van der Waals surface area (Å²) in [6.45, 7) is 5.42. The molecule has 2 heterocycles. The highest BCUT2D eigenvalue weighted by molar-refractivity contribution is 7.99. The molecule has 2 aromatic heterocycles. The van der Waals surface area contributed by atoms with Crippen molar-refractivity contribution in [1.29, 1.82) is 0 Å². The number of ether oxygens (including phenoxy) is 1. The number of anilines is 1. The molecule has 1 N–H and O–H groups in total. The number of nitrogens with zero attached hydrogens (tertiary/aromatic N) is 4. The van der Waals surface area contributed by atoms with Gasteiger partial charge in [0.1, 0.15) is 18.2 Å². The van der Waals surface area contributed by atoms with Crippen LogP contribution in [-0.2, 0) is 17.9 Å². The number of nitrogens with one attached hydrogen (secondary N) is 1. The van der Waals surface area contributed by atoms with Crippen LogP contribution in [0.2, 0.25) is 5.02 Å². The van der Waals surface area contributed by atoms with Crippen molar-refractivity contribution >= 4 is 35.1 Å². The highest BCUT2D eigenvalue weighted by atomic mass is 35.5. The summed E-state index contributed by atoms with van der Waals surface area (Å²) in [4.78, 5) is 16.4. The predicted octanol–water partition coefficient (Wildman–Crippen LogP) is 4.68. The lowest BCUT2D eigenvalue weighted by Gasteiger charge is -2.12. The van der Waals surface area contributed by atoms with Gasteiger partial charge >= 0.3 is 0 Å². The van der Waals surface area contributed by atoms with Gasteiger partial charge in [0.15, 0.2) is 11.0 Å². The van der Waals surface area contributed by atoms with Crippen LogP contribution in [0.4, 0.5) is 5.82 Å². The van der Waals surface area contributed by atoms with Crippen LogP contribution in [-0.4, -0.2) is 31.4 Å². The van der Waals surface area contributed by atoms with Gasteiger partial charge in [0.25, 0.3) is 0 Å². The van der Waals surface area contributed by atoms with E-state index < -0.39 is 0 Å². The molecule has 7 nitrogen and oxygen atoms in total. The Morgan fingerprint density at radius 1 is 1.20 bits per heavy atom. The summed E-state index contributed by atoms with van der Waals surface area (Å²) in [5.41, 5.74) is 0. The highest BCUT2D eigenvalue weighted by Crippen LogP contribution is 2.20. The molecule has 0 unspecified atom stereocenters. The minimum Gasteiger partial charge on any atom is -0.486 e. The maximum atomic E-state index is 12.3.